The number of halogens is 2. The summed E-state index contributed by atoms with van der Waals surface area (Å²) >= 11 is 9.54. The van der Waals surface area contributed by atoms with Crippen LogP contribution in [0.4, 0.5) is 5.69 Å². The van der Waals surface area contributed by atoms with Crippen molar-refractivity contribution in [3.63, 3.8) is 0 Å². The third kappa shape index (κ3) is 3.25. The van der Waals surface area contributed by atoms with Crippen LogP contribution in [0.2, 0.25) is 5.02 Å². The SMILES string of the molecule is COc1cc(C2SCC(=O)N2c2ccc(Cl)cc2)cc(I)c1O. The average Bonchev–Trinajstić information content (AvgIpc) is 2.92. The molecule has 2 aromatic rings. The van der Waals surface area contributed by atoms with Gasteiger partial charge in [-0.15, -0.1) is 11.8 Å². The predicted molar refractivity (Wildman–Crippen MR) is 102 cm³/mol. The number of methoxy groups -OCH3 is 1. The number of thioether (sulfide) groups is 1. The quantitative estimate of drug-likeness (QED) is 0.687. The fourth-order valence-electron chi connectivity index (χ4n) is 2.44. The van der Waals surface area contributed by atoms with Crippen molar-refractivity contribution in [1.29, 1.82) is 0 Å². The molecule has 1 N–H and O–H groups in total. The highest BCUT2D eigenvalue weighted by atomic mass is 127. The predicted octanol–water partition coefficient (Wildman–Crippen LogP) is 4.44. The highest BCUT2D eigenvalue weighted by Gasteiger charge is 2.34. The van der Waals surface area contributed by atoms with E-state index < -0.39 is 0 Å². The molecule has 0 bridgehead atoms. The maximum atomic E-state index is 12.3. The van der Waals surface area contributed by atoms with E-state index >= 15 is 0 Å². The minimum absolute atomic E-state index is 0.0457. The van der Waals surface area contributed by atoms with Gasteiger partial charge in [0.05, 0.1) is 16.4 Å². The van der Waals surface area contributed by atoms with Crippen LogP contribution in [-0.4, -0.2) is 23.9 Å². The molecule has 7 heteroatoms. The Morgan fingerprint density at radius 3 is 2.70 bits per heavy atom. The van der Waals surface area contributed by atoms with Gasteiger partial charge in [0.1, 0.15) is 5.37 Å². The van der Waals surface area contributed by atoms with Crippen molar-refractivity contribution >= 4 is 57.5 Å². The molecule has 1 aliphatic rings. The number of nitrogens with zero attached hydrogens (tertiary/aromatic N) is 1. The second-order valence-electron chi connectivity index (χ2n) is 4.96. The van der Waals surface area contributed by atoms with Crippen LogP contribution in [0.15, 0.2) is 36.4 Å². The van der Waals surface area contributed by atoms with Gasteiger partial charge in [-0.1, -0.05) is 11.6 Å². The molecule has 1 atom stereocenters. The Bertz CT molecular complexity index is 754. The van der Waals surface area contributed by atoms with Crippen molar-refractivity contribution in [1.82, 2.24) is 0 Å². The molecule has 0 aliphatic carbocycles. The van der Waals surface area contributed by atoms with Crippen LogP contribution in [0, 0.1) is 3.57 Å². The largest absolute Gasteiger partial charge is 0.504 e. The second kappa shape index (κ2) is 6.78. The van der Waals surface area contributed by atoms with Crippen molar-refractivity contribution in [2.24, 2.45) is 0 Å². The lowest BCUT2D eigenvalue weighted by molar-refractivity contribution is -0.115. The van der Waals surface area contributed by atoms with E-state index in [4.69, 9.17) is 16.3 Å². The molecule has 1 fully saturated rings. The van der Waals surface area contributed by atoms with Crippen molar-refractivity contribution in [2.75, 3.05) is 17.8 Å². The molecule has 120 valence electrons. The van der Waals surface area contributed by atoms with Gasteiger partial charge in [0.2, 0.25) is 5.91 Å². The molecule has 1 unspecified atom stereocenters. The van der Waals surface area contributed by atoms with Crippen LogP contribution in [0.1, 0.15) is 10.9 Å². The van der Waals surface area contributed by atoms with Crippen LogP contribution >= 0.6 is 46.0 Å². The van der Waals surface area contributed by atoms with Crippen LogP contribution in [0.3, 0.4) is 0 Å². The normalized spacial score (nSPS) is 17.6. The zero-order valence-corrected chi connectivity index (χ0v) is 15.9. The summed E-state index contributed by atoms with van der Waals surface area (Å²) in [6.45, 7) is 0. The Kier molecular flexibility index (Phi) is 4.93. The highest BCUT2D eigenvalue weighted by molar-refractivity contribution is 14.1. The Morgan fingerprint density at radius 2 is 2.04 bits per heavy atom. The summed E-state index contributed by atoms with van der Waals surface area (Å²) in [4.78, 5) is 14.1. The zero-order chi connectivity index (χ0) is 16.6. The molecule has 23 heavy (non-hydrogen) atoms. The number of hydrogen-bond acceptors (Lipinski definition) is 4. The van der Waals surface area contributed by atoms with E-state index in [9.17, 15) is 9.90 Å². The number of phenols is 1. The fraction of sp³-hybridized carbons (Fsp3) is 0.188. The monoisotopic (exact) mass is 461 g/mol. The molecule has 0 saturated carbocycles. The van der Waals surface area contributed by atoms with Crippen molar-refractivity contribution < 1.29 is 14.6 Å². The smallest absolute Gasteiger partial charge is 0.238 e. The molecule has 1 saturated heterocycles. The van der Waals surface area contributed by atoms with E-state index in [-0.39, 0.29) is 17.0 Å². The van der Waals surface area contributed by atoms with E-state index in [0.717, 1.165) is 11.3 Å². The molecule has 0 spiro atoms. The van der Waals surface area contributed by atoms with Gasteiger partial charge in [-0.25, -0.2) is 0 Å². The third-order valence-electron chi connectivity index (χ3n) is 3.53. The van der Waals surface area contributed by atoms with Crippen LogP contribution in [0.5, 0.6) is 11.5 Å². The Morgan fingerprint density at radius 1 is 1.35 bits per heavy atom. The lowest BCUT2D eigenvalue weighted by Gasteiger charge is -2.25. The maximum absolute atomic E-state index is 12.3. The molecular weight excluding hydrogens is 449 g/mol. The topological polar surface area (TPSA) is 49.8 Å². The number of hydrogen-bond donors (Lipinski definition) is 1. The van der Waals surface area contributed by atoms with Crippen molar-refractivity contribution in [3.05, 3.63) is 50.6 Å². The van der Waals surface area contributed by atoms with Crippen LogP contribution in [0.25, 0.3) is 0 Å². The average molecular weight is 462 g/mol. The number of carbonyl (C=O) groups excluding carboxylic acids is 1. The van der Waals surface area contributed by atoms with Gasteiger partial charge in [0.25, 0.3) is 0 Å². The Labute approximate surface area is 156 Å². The first-order valence-electron chi connectivity index (χ1n) is 6.77. The van der Waals surface area contributed by atoms with Gasteiger partial charge in [-0.05, 0) is 64.6 Å². The van der Waals surface area contributed by atoms with E-state index in [1.807, 2.05) is 18.2 Å². The van der Waals surface area contributed by atoms with E-state index in [1.54, 1.807) is 34.9 Å². The maximum Gasteiger partial charge on any atom is 0.238 e. The molecule has 4 nitrogen and oxygen atoms in total. The number of aromatic hydroxyl groups is 1. The summed E-state index contributed by atoms with van der Waals surface area (Å²) in [5.41, 5.74) is 1.71. The minimum Gasteiger partial charge on any atom is -0.504 e. The summed E-state index contributed by atoms with van der Waals surface area (Å²) in [6.07, 6.45) is 0. The molecule has 2 aromatic carbocycles. The first-order chi connectivity index (χ1) is 11.0. The van der Waals surface area contributed by atoms with Gasteiger partial charge < -0.3 is 9.84 Å². The Hall–Kier alpha value is -1.12. The van der Waals surface area contributed by atoms with Crippen molar-refractivity contribution in [2.45, 2.75) is 5.37 Å². The van der Waals surface area contributed by atoms with Gasteiger partial charge in [-0.3, -0.25) is 9.69 Å². The van der Waals surface area contributed by atoms with Crippen molar-refractivity contribution in [3.8, 4) is 11.5 Å². The van der Waals surface area contributed by atoms with Gasteiger partial charge in [0, 0.05) is 10.7 Å². The zero-order valence-electron chi connectivity index (χ0n) is 12.1. The molecule has 1 heterocycles. The number of anilines is 1. The third-order valence-corrected chi connectivity index (χ3v) is 5.82. The van der Waals surface area contributed by atoms with E-state index in [1.165, 1.54) is 7.11 Å². The molecule has 1 aliphatic heterocycles. The minimum atomic E-state index is -0.160. The lowest BCUT2D eigenvalue weighted by atomic mass is 10.1. The summed E-state index contributed by atoms with van der Waals surface area (Å²) in [5, 5.41) is 10.5. The fourth-order valence-corrected chi connectivity index (χ4v) is 4.35. The molecule has 0 aromatic heterocycles. The molecular formula is C16H13ClINO3S. The summed E-state index contributed by atoms with van der Waals surface area (Å²) in [7, 11) is 1.51. The highest BCUT2D eigenvalue weighted by Crippen LogP contribution is 2.45. The number of carbonyl (C=O) groups is 1. The van der Waals surface area contributed by atoms with Gasteiger partial charge in [0.15, 0.2) is 11.5 Å². The number of rotatable bonds is 3. The summed E-state index contributed by atoms with van der Waals surface area (Å²) < 4.78 is 5.91. The summed E-state index contributed by atoms with van der Waals surface area (Å²) in [5.74, 6) is 0.976. The first-order valence-corrected chi connectivity index (χ1v) is 9.27. The van der Waals surface area contributed by atoms with Crippen LogP contribution in [-0.2, 0) is 4.79 Å². The second-order valence-corrected chi connectivity index (χ2v) is 7.62. The Balaban J connectivity index is 2.03. The van der Waals surface area contributed by atoms with Gasteiger partial charge >= 0.3 is 0 Å². The van der Waals surface area contributed by atoms with Gasteiger partial charge in [-0.2, -0.15) is 0 Å². The number of phenolic OH excluding ortho intramolecular Hbond substituents is 1. The first kappa shape index (κ1) is 16.7. The molecule has 3 rings (SSSR count). The number of amides is 1. The summed E-state index contributed by atoms with van der Waals surface area (Å²) in [6, 6.07) is 10.9. The lowest BCUT2D eigenvalue weighted by Crippen LogP contribution is -2.27. The van der Waals surface area contributed by atoms with Crippen LogP contribution < -0.4 is 9.64 Å². The number of ether oxygens (including phenoxy) is 1. The number of benzene rings is 2. The van der Waals surface area contributed by atoms with E-state index in [2.05, 4.69) is 22.6 Å². The molecule has 1 amide bonds. The van der Waals surface area contributed by atoms with E-state index in [0.29, 0.717) is 20.1 Å². The molecule has 0 radical (unpaired) electrons. The standard InChI is InChI=1S/C16H13ClINO3S/c1-22-13-7-9(6-12(18)15(13)21)16-19(14(20)8-23-16)11-4-2-10(17)3-5-11/h2-7,16,21H,8H2,1H3.